The summed E-state index contributed by atoms with van der Waals surface area (Å²) in [6, 6.07) is 9.16. The Kier molecular flexibility index (Phi) is 4.57. The maximum atomic E-state index is 10.8. The van der Waals surface area contributed by atoms with Crippen LogP contribution in [0, 0.1) is 0 Å². The summed E-state index contributed by atoms with van der Waals surface area (Å²) >= 11 is 0. The van der Waals surface area contributed by atoms with Crippen LogP contribution < -0.4 is 5.32 Å². The number of rotatable bonds is 6. The van der Waals surface area contributed by atoms with Crippen molar-refractivity contribution in [1.29, 1.82) is 0 Å². The summed E-state index contributed by atoms with van der Waals surface area (Å²) in [4.78, 5) is 10.8. The topological polar surface area (TPSA) is 49.3 Å². The van der Waals surface area contributed by atoms with Crippen molar-refractivity contribution in [2.45, 2.75) is 19.0 Å². The van der Waals surface area contributed by atoms with Crippen LogP contribution in [-0.2, 0) is 11.3 Å². The molecule has 1 atom stereocenters. The van der Waals surface area contributed by atoms with E-state index in [2.05, 4.69) is 11.9 Å². The molecular formula is C12H15NO2. The van der Waals surface area contributed by atoms with Crippen LogP contribution in [0.25, 0.3) is 0 Å². The predicted molar refractivity (Wildman–Crippen MR) is 59.5 cm³/mol. The fourth-order valence-corrected chi connectivity index (χ4v) is 1.28. The van der Waals surface area contributed by atoms with Crippen molar-refractivity contribution in [1.82, 2.24) is 5.32 Å². The number of carboxylic acids is 1. The monoisotopic (exact) mass is 205 g/mol. The third-order valence-corrected chi connectivity index (χ3v) is 2.10. The standard InChI is InChI=1S/C12H15NO2/c1-2-6-11(12(14)15)13-9-10-7-4-3-5-8-10/h2-5,7-8,11,13H,1,6,9H2,(H,14,15)/t11-/m1/s1. The van der Waals surface area contributed by atoms with Gasteiger partial charge >= 0.3 is 5.97 Å². The van der Waals surface area contributed by atoms with E-state index in [0.29, 0.717) is 13.0 Å². The van der Waals surface area contributed by atoms with Gasteiger partial charge < -0.3 is 10.4 Å². The molecule has 1 aromatic carbocycles. The Morgan fingerprint density at radius 1 is 1.47 bits per heavy atom. The molecule has 0 aromatic heterocycles. The molecule has 0 aliphatic rings. The van der Waals surface area contributed by atoms with Gasteiger partial charge in [0.1, 0.15) is 6.04 Å². The van der Waals surface area contributed by atoms with Crippen LogP contribution in [0.2, 0.25) is 0 Å². The second-order valence-corrected chi connectivity index (χ2v) is 3.28. The average molecular weight is 205 g/mol. The van der Waals surface area contributed by atoms with Crippen molar-refractivity contribution in [3.05, 3.63) is 48.6 Å². The van der Waals surface area contributed by atoms with Crippen molar-refractivity contribution >= 4 is 5.97 Å². The Morgan fingerprint density at radius 2 is 2.13 bits per heavy atom. The van der Waals surface area contributed by atoms with Gasteiger partial charge in [-0.15, -0.1) is 6.58 Å². The van der Waals surface area contributed by atoms with Crippen molar-refractivity contribution in [3.8, 4) is 0 Å². The van der Waals surface area contributed by atoms with Crippen LogP contribution in [0.1, 0.15) is 12.0 Å². The molecule has 0 spiro atoms. The Morgan fingerprint density at radius 3 is 2.67 bits per heavy atom. The first kappa shape index (κ1) is 11.5. The lowest BCUT2D eigenvalue weighted by molar-refractivity contribution is -0.139. The fourth-order valence-electron chi connectivity index (χ4n) is 1.28. The van der Waals surface area contributed by atoms with Gasteiger partial charge in [-0.1, -0.05) is 36.4 Å². The Balaban J connectivity index is 2.47. The minimum absolute atomic E-state index is 0.433. The first-order valence-electron chi connectivity index (χ1n) is 4.85. The highest BCUT2D eigenvalue weighted by Gasteiger charge is 2.13. The zero-order valence-electron chi connectivity index (χ0n) is 8.52. The van der Waals surface area contributed by atoms with E-state index in [0.717, 1.165) is 5.56 Å². The maximum absolute atomic E-state index is 10.8. The second-order valence-electron chi connectivity index (χ2n) is 3.28. The van der Waals surface area contributed by atoms with E-state index in [9.17, 15) is 4.79 Å². The quantitative estimate of drug-likeness (QED) is 0.696. The molecular weight excluding hydrogens is 190 g/mol. The van der Waals surface area contributed by atoms with Gasteiger partial charge in [-0.25, -0.2) is 0 Å². The van der Waals surface area contributed by atoms with Crippen molar-refractivity contribution < 1.29 is 9.90 Å². The zero-order chi connectivity index (χ0) is 11.1. The fraction of sp³-hybridized carbons (Fsp3) is 0.250. The SMILES string of the molecule is C=CC[C@@H](NCc1ccccc1)C(=O)O. The van der Waals surface area contributed by atoms with Crippen molar-refractivity contribution in [2.75, 3.05) is 0 Å². The Bertz CT molecular complexity index is 322. The second kappa shape index (κ2) is 5.98. The van der Waals surface area contributed by atoms with E-state index >= 15 is 0 Å². The molecule has 0 aliphatic carbocycles. The summed E-state index contributed by atoms with van der Waals surface area (Å²) < 4.78 is 0. The first-order valence-corrected chi connectivity index (χ1v) is 4.85. The largest absolute Gasteiger partial charge is 0.480 e. The summed E-state index contributed by atoms with van der Waals surface area (Å²) in [6.45, 7) is 4.10. The van der Waals surface area contributed by atoms with E-state index in [1.807, 2.05) is 30.3 Å². The normalized spacial score (nSPS) is 12.0. The minimum Gasteiger partial charge on any atom is -0.480 e. The molecule has 80 valence electrons. The van der Waals surface area contributed by atoms with Crippen LogP contribution in [0.5, 0.6) is 0 Å². The van der Waals surface area contributed by atoms with Gasteiger partial charge in [-0.05, 0) is 12.0 Å². The molecule has 3 nitrogen and oxygen atoms in total. The zero-order valence-corrected chi connectivity index (χ0v) is 8.52. The number of hydrogen-bond acceptors (Lipinski definition) is 2. The third-order valence-electron chi connectivity index (χ3n) is 2.10. The van der Waals surface area contributed by atoms with Gasteiger partial charge in [0.15, 0.2) is 0 Å². The minimum atomic E-state index is -0.842. The molecule has 15 heavy (non-hydrogen) atoms. The third kappa shape index (κ3) is 3.95. The summed E-state index contributed by atoms with van der Waals surface area (Å²) in [5, 5.41) is 11.8. The van der Waals surface area contributed by atoms with E-state index in [1.54, 1.807) is 6.08 Å². The molecule has 0 aliphatic heterocycles. The number of aliphatic carboxylic acids is 1. The molecule has 0 heterocycles. The highest BCUT2D eigenvalue weighted by molar-refractivity contribution is 5.73. The highest BCUT2D eigenvalue weighted by atomic mass is 16.4. The molecule has 0 saturated carbocycles. The molecule has 0 unspecified atom stereocenters. The summed E-state index contributed by atoms with van der Waals surface area (Å²) in [5.41, 5.74) is 1.08. The van der Waals surface area contributed by atoms with Gasteiger partial charge in [0, 0.05) is 6.54 Å². The molecule has 0 amide bonds. The van der Waals surface area contributed by atoms with Crippen LogP contribution in [0.15, 0.2) is 43.0 Å². The van der Waals surface area contributed by atoms with E-state index in [4.69, 9.17) is 5.11 Å². The number of carbonyl (C=O) groups is 1. The lowest BCUT2D eigenvalue weighted by Gasteiger charge is -2.12. The summed E-state index contributed by atoms with van der Waals surface area (Å²) in [7, 11) is 0. The summed E-state index contributed by atoms with van der Waals surface area (Å²) in [5.74, 6) is -0.842. The van der Waals surface area contributed by atoms with Crippen LogP contribution in [0.3, 0.4) is 0 Å². The first-order chi connectivity index (χ1) is 7.24. The molecule has 0 bridgehead atoms. The smallest absolute Gasteiger partial charge is 0.321 e. The van der Waals surface area contributed by atoms with E-state index in [1.165, 1.54) is 0 Å². The van der Waals surface area contributed by atoms with Gasteiger partial charge in [-0.3, -0.25) is 4.79 Å². The molecule has 1 aromatic rings. The summed E-state index contributed by atoms with van der Waals surface area (Å²) in [6.07, 6.45) is 2.04. The highest BCUT2D eigenvalue weighted by Crippen LogP contribution is 2.00. The van der Waals surface area contributed by atoms with Gasteiger partial charge in [0.25, 0.3) is 0 Å². The van der Waals surface area contributed by atoms with Gasteiger partial charge in [0.05, 0.1) is 0 Å². The van der Waals surface area contributed by atoms with Crippen LogP contribution in [-0.4, -0.2) is 17.1 Å². The Labute approximate surface area is 89.4 Å². The number of nitrogens with one attached hydrogen (secondary N) is 1. The van der Waals surface area contributed by atoms with Gasteiger partial charge in [0.2, 0.25) is 0 Å². The molecule has 3 heteroatoms. The van der Waals surface area contributed by atoms with E-state index < -0.39 is 12.0 Å². The van der Waals surface area contributed by atoms with Gasteiger partial charge in [-0.2, -0.15) is 0 Å². The molecule has 0 saturated heterocycles. The van der Waals surface area contributed by atoms with Crippen molar-refractivity contribution in [2.24, 2.45) is 0 Å². The lowest BCUT2D eigenvalue weighted by atomic mass is 10.1. The average Bonchev–Trinajstić information content (AvgIpc) is 2.25. The lowest BCUT2D eigenvalue weighted by Crippen LogP contribution is -2.35. The Hall–Kier alpha value is -1.61. The predicted octanol–water partition coefficient (Wildman–Crippen LogP) is 1.81. The molecule has 0 radical (unpaired) electrons. The van der Waals surface area contributed by atoms with E-state index in [-0.39, 0.29) is 0 Å². The number of hydrogen-bond donors (Lipinski definition) is 2. The molecule has 1 rings (SSSR count). The van der Waals surface area contributed by atoms with Crippen LogP contribution >= 0.6 is 0 Å². The molecule has 2 N–H and O–H groups in total. The van der Waals surface area contributed by atoms with Crippen LogP contribution in [0.4, 0.5) is 0 Å². The van der Waals surface area contributed by atoms with Crippen molar-refractivity contribution in [3.63, 3.8) is 0 Å². The molecule has 0 fully saturated rings. The maximum Gasteiger partial charge on any atom is 0.321 e. The number of carboxylic acid groups (broad SMARTS) is 1. The number of benzene rings is 1.